The Kier molecular flexibility index (Phi) is 5.17. The van der Waals surface area contributed by atoms with E-state index in [9.17, 15) is 9.18 Å². The number of hydrogen-bond acceptors (Lipinski definition) is 3. The summed E-state index contributed by atoms with van der Waals surface area (Å²) in [4.78, 5) is 13.1. The smallest absolute Gasteiger partial charge is 0.272 e. The molecule has 158 valence electrons. The van der Waals surface area contributed by atoms with Crippen LogP contribution in [0.2, 0.25) is 0 Å². The molecule has 0 aliphatic rings. The Morgan fingerprint density at radius 1 is 0.906 bits per heavy atom. The molecule has 0 fully saturated rings. The molecule has 0 aliphatic heterocycles. The largest absolute Gasteiger partial charge is 0.463 e. The molecule has 6 heteroatoms. The molecular formula is C26H19FN2O3. The summed E-state index contributed by atoms with van der Waals surface area (Å²) in [5.74, 6) is 0.801. The van der Waals surface area contributed by atoms with Crippen LogP contribution in [0, 0.1) is 5.82 Å². The van der Waals surface area contributed by atoms with Crippen molar-refractivity contribution < 1.29 is 18.3 Å². The molecule has 0 atom stereocenters. The van der Waals surface area contributed by atoms with Gasteiger partial charge < -0.3 is 19.0 Å². The van der Waals surface area contributed by atoms with E-state index < -0.39 is 0 Å². The van der Waals surface area contributed by atoms with Gasteiger partial charge in [-0.05, 0) is 54.1 Å². The van der Waals surface area contributed by atoms with Crippen molar-refractivity contribution in [3.05, 3.63) is 114 Å². The Morgan fingerprint density at radius 2 is 1.69 bits per heavy atom. The maximum Gasteiger partial charge on any atom is 0.272 e. The number of ether oxygens (including phenoxy) is 1. The molecule has 0 saturated carbocycles. The van der Waals surface area contributed by atoms with Crippen molar-refractivity contribution >= 4 is 22.7 Å². The highest BCUT2D eigenvalue weighted by Crippen LogP contribution is 2.25. The van der Waals surface area contributed by atoms with Crippen LogP contribution in [0.15, 0.2) is 102 Å². The second kappa shape index (κ2) is 8.43. The normalized spacial score (nSPS) is 10.9. The second-order valence-electron chi connectivity index (χ2n) is 7.31. The van der Waals surface area contributed by atoms with Crippen LogP contribution in [0.4, 0.5) is 10.1 Å². The van der Waals surface area contributed by atoms with E-state index in [0.717, 1.165) is 16.8 Å². The van der Waals surface area contributed by atoms with Crippen molar-refractivity contribution in [2.24, 2.45) is 0 Å². The number of amides is 1. The number of carbonyl (C=O) groups excluding carboxylic acids is 1. The number of halogens is 1. The highest BCUT2D eigenvalue weighted by atomic mass is 19.1. The molecule has 0 bridgehead atoms. The van der Waals surface area contributed by atoms with E-state index in [2.05, 4.69) is 5.32 Å². The Morgan fingerprint density at radius 3 is 2.47 bits per heavy atom. The van der Waals surface area contributed by atoms with Crippen LogP contribution in [-0.4, -0.2) is 10.5 Å². The number of anilines is 1. The van der Waals surface area contributed by atoms with Gasteiger partial charge in [0.2, 0.25) is 0 Å². The van der Waals surface area contributed by atoms with E-state index in [-0.39, 0.29) is 11.7 Å². The fraction of sp³-hybridized carbons (Fsp3) is 0.0385. The summed E-state index contributed by atoms with van der Waals surface area (Å²) in [7, 11) is 0. The Balaban J connectivity index is 1.36. The molecule has 1 amide bonds. The molecule has 2 aromatic heterocycles. The number of nitrogens with zero attached hydrogens (tertiary/aromatic N) is 1. The summed E-state index contributed by atoms with van der Waals surface area (Å²) in [5.41, 5.74) is 3.17. The Labute approximate surface area is 183 Å². The van der Waals surface area contributed by atoms with Crippen LogP contribution in [0.1, 0.15) is 16.1 Å². The van der Waals surface area contributed by atoms with Crippen LogP contribution in [0.5, 0.6) is 11.5 Å². The Hall–Kier alpha value is -4.32. The Bertz CT molecular complexity index is 1370. The van der Waals surface area contributed by atoms with Gasteiger partial charge in [0.25, 0.3) is 5.91 Å². The number of nitrogens with one attached hydrogen (secondary N) is 1. The first-order chi connectivity index (χ1) is 15.7. The van der Waals surface area contributed by atoms with Crippen molar-refractivity contribution in [1.29, 1.82) is 0 Å². The molecule has 5 rings (SSSR count). The summed E-state index contributed by atoms with van der Waals surface area (Å²) in [6.07, 6.45) is 1.57. The zero-order valence-electron chi connectivity index (χ0n) is 17.0. The SMILES string of the molecule is O=C(Nc1ccc(Oc2ccccc2)cc1)c1cc2occc2n1Cc1cccc(F)c1. The van der Waals surface area contributed by atoms with Gasteiger partial charge in [0, 0.05) is 24.4 Å². The molecule has 2 heterocycles. The average molecular weight is 426 g/mol. The quantitative estimate of drug-likeness (QED) is 0.339. The summed E-state index contributed by atoms with van der Waals surface area (Å²) < 4.78 is 26.7. The lowest BCUT2D eigenvalue weighted by Crippen LogP contribution is -2.17. The number of hydrogen-bond donors (Lipinski definition) is 1. The topological polar surface area (TPSA) is 56.4 Å². The third-order valence-electron chi connectivity index (χ3n) is 5.08. The first kappa shape index (κ1) is 19.6. The van der Waals surface area contributed by atoms with Crippen LogP contribution in [-0.2, 0) is 6.54 Å². The lowest BCUT2D eigenvalue weighted by atomic mass is 10.2. The van der Waals surface area contributed by atoms with E-state index in [1.165, 1.54) is 12.1 Å². The molecule has 5 aromatic rings. The number of benzene rings is 3. The molecule has 32 heavy (non-hydrogen) atoms. The van der Waals surface area contributed by atoms with Crippen LogP contribution >= 0.6 is 0 Å². The number of aromatic nitrogens is 1. The van der Waals surface area contributed by atoms with Gasteiger partial charge in [-0.3, -0.25) is 4.79 Å². The van der Waals surface area contributed by atoms with E-state index >= 15 is 0 Å². The molecule has 3 aromatic carbocycles. The summed E-state index contributed by atoms with van der Waals surface area (Å²) in [5, 5.41) is 2.91. The molecule has 5 nitrogen and oxygen atoms in total. The zero-order valence-corrected chi connectivity index (χ0v) is 17.0. The van der Waals surface area contributed by atoms with Gasteiger partial charge in [-0.25, -0.2) is 4.39 Å². The van der Waals surface area contributed by atoms with Gasteiger partial charge in [-0.15, -0.1) is 0 Å². The van der Waals surface area contributed by atoms with Gasteiger partial charge in [-0.1, -0.05) is 30.3 Å². The predicted molar refractivity (Wildman–Crippen MR) is 121 cm³/mol. The highest BCUT2D eigenvalue weighted by molar-refractivity contribution is 6.05. The maximum atomic E-state index is 13.6. The lowest BCUT2D eigenvalue weighted by Gasteiger charge is -2.11. The zero-order chi connectivity index (χ0) is 21.9. The number of carbonyl (C=O) groups is 1. The molecule has 0 saturated heterocycles. The van der Waals surface area contributed by atoms with Gasteiger partial charge in [0.05, 0.1) is 11.8 Å². The summed E-state index contributed by atoms with van der Waals surface area (Å²) in [6.45, 7) is 0.341. The third kappa shape index (κ3) is 4.11. The maximum absolute atomic E-state index is 13.6. The first-order valence-electron chi connectivity index (χ1n) is 10.1. The molecule has 1 N–H and O–H groups in total. The van der Waals surface area contributed by atoms with Crippen LogP contribution < -0.4 is 10.1 Å². The van der Waals surface area contributed by atoms with Crippen molar-refractivity contribution in [3.8, 4) is 11.5 Å². The molecule has 0 aliphatic carbocycles. The number of fused-ring (bicyclic) bond motifs is 1. The molecule has 0 unspecified atom stereocenters. The first-order valence-corrected chi connectivity index (χ1v) is 10.1. The van der Waals surface area contributed by atoms with Gasteiger partial charge in [0.1, 0.15) is 23.0 Å². The highest BCUT2D eigenvalue weighted by Gasteiger charge is 2.18. The standard InChI is InChI=1S/C26H19FN2O3/c27-19-6-4-5-18(15-19)17-29-23-13-14-31-25(23)16-24(29)26(30)28-20-9-11-22(12-10-20)32-21-7-2-1-3-8-21/h1-16H,17H2,(H,28,30). The summed E-state index contributed by atoms with van der Waals surface area (Å²) >= 11 is 0. The van der Waals surface area contributed by atoms with Gasteiger partial charge in [0.15, 0.2) is 5.58 Å². The predicted octanol–water partition coefficient (Wildman–Crippen LogP) is 6.47. The summed E-state index contributed by atoms with van der Waals surface area (Å²) in [6, 6.07) is 26.4. The molecule has 0 radical (unpaired) electrons. The average Bonchev–Trinajstić information content (AvgIpc) is 3.39. The minimum atomic E-state index is -0.318. The van der Waals surface area contributed by atoms with E-state index in [4.69, 9.17) is 9.15 Å². The fourth-order valence-electron chi connectivity index (χ4n) is 3.58. The third-order valence-corrected chi connectivity index (χ3v) is 5.08. The second-order valence-corrected chi connectivity index (χ2v) is 7.31. The molecule has 0 spiro atoms. The van der Waals surface area contributed by atoms with E-state index in [1.54, 1.807) is 48.7 Å². The van der Waals surface area contributed by atoms with Crippen molar-refractivity contribution in [2.75, 3.05) is 5.32 Å². The number of para-hydroxylation sites is 1. The number of furan rings is 1. The monoisotopic (exact) mass is 426 g/mol. The van der Waals surface area contributed by atoms with Crippen molar-refractivity contribution in [3.63, 3.8) is 0 Å². The lowest BCUT2D eigenvalue weighted by molar-refractivity contribution is 0.101. The van der Waals surface area contributed by atoms with Gasteiger partial charge in [-0.2, -0.15) is 0 Å². The van der Waals surface area contributed by atoms with Crippen LogP contribution in [0.25, 0.3) is 11.1 Å². The molecular weight excluding hydrogens is 407 g/mol. The minimum Gasteiger partial charge on any atom is -0.463 e. The number of rotatable bonds is 6. The minimum absolute atomic E-state index is 0.287. The fourth-order valence-corrected chi connectivity index (χ4v) is 3.58. The van der Waals surface area contributed by atoms with E-state index in [1.807, 2.05) is 41.0 Å². The van der Waals surface area contributed by atoms with Crippen molar-refractivity contribution in [1.82, 2.24) is 4.57 Å². The van der Waals surface area contributed by atoms with Crippen molar-refractivity contribution in [2.45, 2.75) is 6.54 Å². The van der Waals surface area contributed by atoms with Gasteiger partial charge >= 0.3 is 0 Å². The van der Waals surface area contributed by atoms with Crippen LogP contribution in [0.3, 0.4) is 0 Å². The van der Waals surface area contributed by atoms with E-state index in [0.29, 0.717) is 29.3 Å².